The van der Waals surface area contributed by atoms with Crippen LogP contribution in [0, 0.1) is 0 Å². The molecule has 10 nitrogen and oxygen atoms in total. The largest absolute Gasteiger partial charge is 0.476 e. The number of aromatic nitrogens is 3. The molecule has 1 heterocycles. The number of nitrogens with one attached hydrogen (secondary N) is 3. The van der Waals surface area contributed by atoms with Crippen molar-refractivity contribution in [3.05, 3.63) is 11.9 Å². The zero-order valence-electron chi connectivity index (χ0n) is 10.9. The summed E-state index contributed by atoms with van der Waals surface area (Å²) in [6.45, 7) is 2.67. The van der Waals surface area contributed by atoms with E-state index in [2.05, 4.69) is 26.3 Å². The van der Waals surface area contributed by atoms with E-state index in [1.165, 1.54) is 10.9 Å². The molecule has 0 aliphatic rings. The van der Waals surface area contributed by atoms with E-state index in [0.29, 0.717) is 6.54 Å². The molecule has 110 valence electrons. The highest BCUT2D eigenvalue weighted by Crippen LogP contribution is 1.91. The van der Waals surface area contributed by atoms with Crippen LogP contribution in [0.2, 0.25) is 0 Å². The van der Waals surface area contributed by atoms with Gasteiger partial charge in [-0.05, 0) is 6.92 Å². The van der Waals surface area contributed by atoms with Gasteiger partial charge in [0.15, 0.2) is 5.69 Å². The van der Waals surface area contributed by atoms with Crippen molar-refractivity contribution in [2.75, 3.05) is 19.6 Å². The van der Waals surface area contributed by atoms with Crippen molar-refractivity contribution < 1.29 is 19.5 Å². The summed E-state index contributed by atoms with van der Waals surface area (Å²) in [5, 5.41) is 23.1. The Morgan fingerprint density at radius 2 is 2.05 bits per heavy atom. The second-order valence-corrected chi connectivity index (χ2v) is 3.73. The molecule has 20 heavy (non-hydrogen) atoms. The molecule has 4 N–H and O–H groups in total. The number of hydrogen-bond acceptors (Lipinski definition) is 5. The smallest absolute Gasteiger partial charge is 0.358 e. The van der Waals surface area contributed by atoms with Crippen LogP contribution >= 0.6 is 0 Å². The maximum Gasteiger partial charge on any atom is 0.358 e. The van der Waals surface area contributed by atoms with E-state index in [0.717, 1.165) is 0 Å². The van der Waals surface area contributed by atoms with E-state index < -0.39 is 12.0 Å². The Morgan fingerprint density at radius 3 is 2.65 bits per heavy atom. The monoisotopic (exact) mass is 284 g/mol. The SMILES string of the molecule is CCNC(=O)CNC(=O)NCCn1cc(C(=O)O)nn1. The molecule has 3 amide bonds. The van der Waals surface area contributed by atoms with Crippen molar-refractivity contribution in [1.82, 2.24) is 30.9 Å². The van der Waals surface area contributed by atoms with Gasteiger partial charge >= 0.3 is 12.0 Å². The molecule has 0 aliphatic carbocycles. The fraction of sp³-hybridized carbons (Fsp3) is 0.500. The molecule has 0 radical (unpaired) electrons. The maximum absolute atomic E-state index is 11.3. The van der Waals surface area contributed by atoms with E-state index >= 15 is 0 Å². The van der Waals surface area contributed by atoms with Crippen LogP contribution in [0.4, 0.5) is 4.79 Å². The normalized spacial score (nSPS) is 9.85. The lowest BCUT2D eigenvalue weighted by Crippen LogP contribution is -2.42. The molecule has 1 rings (SSSR count). The van der Waals surface area contributed by atoms with Gasteiger partial charge in [-0.2, -0.15) is 0 Å². The number of urea groups is 1. The second kappa shape index (κ2) is 7.71. The minimum absolute atomic E-state index is 0.105. The van der Waals surface area contributed by atoms with E-state index in [4.69, 9.17) is 5.11 Å². The number of aromatic carboxylic acids is 1. The van der Waals surface area contributed by atoms with Gasteiger partial charge in [-0.25, -0.2) is 14.3 Å². The van der Waals surface area contributed by atoms with Crippen LogP contribution in [0.25, 0.3) is 0 Å². The number of nitrogens with zero attached hydrogens (tertiary/aromatic N) is 3. The molecule has 0 fully saturated rings. The Labute approximate surface area is 114 Å². The Morgan fingerprint density at radius 1 is 1.30 bits per heavy atom. The number of carbonyl (C=O) groups is 3. The Hall–Kier alpha value is -2.65. The number of hydrogen-bond donors (Lipinski definition) is 4. The summed E-state index contributed by atoms with van der Waals surface area (Å²) in [4.78, 5) is 33.0. The molecule has 1 aromatic heterocycles. The zero-order chi connectivity index (χ0) is 15.0. The fourth-order valence-electron chi connectivity index (χ4n) is 1.27. The highest BCUT2D eigenvalue weighted by atomic mass is 16.4. The lowest BCUT2D eigenvalue weighted by Gasteiger charge is -2.07. The number of carbonyl (C=O) groups excluding carboxylic acids is 2. The summed E-state index contributed by atoms with van der Waals surface area (Å²) in [5.74, 6) is -1.44. The first kappa shape index (κ1) is 15.4. The summed E-state index contributed by atoms with van der Waals surface area (Å²) >= 11 is 0. The zero-order valence-corrected chi connectivity index (χ0v) is 10.9. The van der Waals surface area contributed by atoms with Crippen LogP contribution in [0.3, 0.4) is 0 Å². The van der Waals surface area contributed by atoms with Crippen LogP contribution < -0.4 is 16.0 Å². The lowest BCUT2D eigenvalue weighted by atomic mass is 10.5. The topological polar surface area (TPSA) is 138 Å². The number of carboxylic acids is 1. The van der Waals surface area contributed by atoms with Crippen LogP contribution in [-0.2, 0) is 11.3 Å². The molecule has 0 aliphatic heterocycles. The molecule has 10 heteroatoms. The Balaban J connectivity index is 2.21. The van der Waals surface area contributed by atoms with Crippen molar-refractivity contribution >= 4 is 17.9 Å². The quantitative estimate of drug-likeness (QED) is 0.476. The minimum atomic E-state index is -1.16. The van der Waals surface area contributed by atoms with Crippen LogP contribution in [-0.4, -0.2) is 57.6 Å². The lowest BCUT2D eigenvalue weighted by molar-refractivity contribution is -0.119. The van der Waals surface area contributed by atoms with Gasteiger partial charge in [0.05, 0.1) is 19.3 Å². The molecule has 1 aromatic rings. The third-order valence-corrected chi connectivity index (χ3v) is 2.17. The summed E-state index contributed by atoms with van der Waals surface area (Å²) in [6, 6.07) is -0.491. The van der Waals surface area contributed by atoms with Crippen LogP contribution in [0.15, 0.2) is 6.20 Å². The van der Waals surface area contributed by atoms with Crippen molar-refractivity contribution in [3.63, 3.8) is 0 Å². The fourth-order valence-corrected chi connectivity index (χ4v) is 1.27. The molecule has 0 saturated heterocycles. The van der Waals surface area contributed by atoms with Crippen LogP contribution in [0.1, 0.15) is 17.4 Å². The molecule has 0 unspecified atom stereocenters. The van der Waals surface area contributed by atoms with Gasteiger partial charge in [-0.1, -0.05) is 5.21 Å². The average Bonchev–Trinajstić information content (AvgIpc) is 2.86. The number of amides is 3. The average molecular weight is 284 g/mol. The first-order chi connectivity index (χ1) is 9.52. The Bertz CT molecular complexity index is 486. The number of carboxylic acid groups (broad SMARTS) is 1. The maximum atomic E-state index is 11.3. The summed E-state index contributed by atoms with van der Waals surface area (Å²) in [7, 11) is 0. The molecular weight excluding hydrogens is 268 g/mol. The van der Waals surface area contributed by atoms with Gasteiger partial charge in [0.2, 0.25) is 5.91 Å². The minimum Gasteiger partial charge on any atom is -0.476 e. The van der Waals surface area contributed by atoms with Crippen molar-refractivity contribution in [2.24, 2.45) is 0 Å². The van der Waals surface area contributed by atoms with E-state index in [9.17, 15) is 14.4 Å². The van der Waals surface area contributed by atoms with Gasteiger partial charge < -0.3 is 21.1 Å². The van der Waals surface area contributed by atoms with E-state index in [1.54, 1.807) is 6.92 Å². The van der Waals surface area contributed by atoms with Gasteiger partial charge in [0.1, 0.15) is 0 Å². The number of likely N-dealkylation sites (N-methyl/N-ethyl adjacent to an activating group) is 1. The Kier molecular flexibility index (Phi) is 5.94. The van der Waals surface area contributed by atoms with Crippen LogP contribution in [0.5, 0.6) is 0 Å². The third kappa shape index (κ3) is 5.33. The van der Waals surface area contributed by atoms with E-state index in [-0.39, 0.29) is 31.2 Å². The van der Waals surface area contributed by atoms with Crippen molar-refractivity contribution in [1.29, 1.82) is 0 Å². The molecule has 0 spiro atoms. The molecule has 0 aromatic carbocycles. The van der Waals surface area contributed by atoms with E-state index in [1.807, 2.05) is 0 Å². The predicted molar refractivity (Wildman–Crippen MR) is 67.1 cm³/mol. The highest BCUT2D eigenvalue weighted by molar-refractivity contribution is 5.84. The standard InChI is InChI=1S/C10H16N6O4/c1-2-11-8(17)5-13-10(20)12-3-4-16-6-7(9(18)19)14-15-16/h6H,2-5H2,1H3,(H,11,17)(H,18,19)(H2,12,13,20). The number of rotatable bonds is 7. The van der Waals surface area contributed by atoms with Crippen molar-refractivity contribution in [3.8, 4) is 0 Å². The van der Waals surface area contributed by atoms with Crippen molar-refractivity contribution in [2.45, 2.75) is 13.5 Å². The first-order valence-electron chi connectivity index (χ1n) is 5.94. The molecule has 0 atom stereocenters. The van der Waals surface area contributed by atoms with Gasteiger partial charge in [-0.15, -0.1) is 5.10 Å². The van der Waals surface area contributed by atoms with Gasteiger partial charge in [0.25, 0.3) is 0 Å². The molecular formula is C10H16N6O4. The summed E-state index contributed by atoms with van der Waals surface area (Å²) < 4.78 is 1.30. The second-order valence-electron chi connectivity index (χ2n) is 3.73. The first-order valence-corrected chi connectivity index (χ1v) is 5.94. The predicted octanol–water partition coefficient (Wildman–Crippen LogP) is -1.59. The summed E-state index contributed by atoms with van der Waals surface area (Å²) in [6.07, 6.45) is 1.26. The third-order valence-electron chi connectivity index (χ3n) is 2.17. The summed E-state index contributed by atoms with van der Waals surface area (Å²) in [5.41, 5.74) is -0.161. The van der Waals surface area contributed by atoms with Gasteiger partial charge in [0, 0.05) is 13.1 Å². The molecule has 0 bridgehead atoms. The van der Waals surface area contributed by atoms with Gasteiger partial charge in [-0.3, -0.25) is 4.79 Å². The highest BCUT2D eigenvalue weighted by Gasteiger charge is 2.08. The molecule has 0 saturated carbocycles.